The van der Waals surface area contributed by atoms with Crippen LogP contribution in [0.2, 0.25) is 0 Å². The van der Waals surface area contributed by atoms with E-state index in [-0.39, 0.29) is 16.9 Å². The average molecular weight is 259 g/mol. The Hall–Kier alpha value is -2.81. The lowest BCUT2D eigenvalue weighted by molar-refractivity contribution is 0.102. The molecule has 1 heterocycles. The van der Waals surface area contributed by atoms with Crippen molar-refractivity contribution in [3.8, 4) is 6.07 Å². The molecule has 1 aromatic carbocycles. The fraction of sp³-hybridized carbons (Fsp3) is 0. The second-order valence-corrected chi connectivity index (χ2v) is 3.62. The van der Waals surface area contributed by atoms with Gasteiger partial charge in [0.15, 0.2) is 11.6 Å². The monoisotopic (exact) mass is 259 g/mol. The van der Waals surface area contributed by atoms with Crippen LogP contribution in [-0.4, -0.2) is 10.9 Å². The molecule has 2 rings (SSSR count). The van der Waals surface area contributed by atoms with Crippen LogP contribution in [0.4, 0.5) is 14.5 Å². The number of nitriles is 1. The van der Waals surface area contributed by atoms with Crippen molar-refractivity contribution in [2.24, 2.45) is 0 Å². The molecule has 0 saturated carbocycles. The zero-order valence-corrected chi connectivity index (χ0v) is 9.52. The number of anilines is 1. The SMILES string of the molecule is N#Cc1cc(C(=O)Nc2ccc(F)c(F)c2)ccn1. The topological polar surface area (TPSA) is 65.8 Å². The van der Waals surface area contributed by atoms with E-state index >= 15 is 0 Å². The fourth-order valence-corrected chi connectivity index (χ4v) is 1.41. The number of amides is 1. The predicted octanol–water partition coefficient (Wildman–Crippen LogP) is 2.48. The summed E-state index contributed by atoms with van der Waals surface area (Å²) in [6, 6.07) is 7.54. The molecule has 6 heteroatoms. The maximum atomic E-state index is 13.0. The third-order valence-corrected chi connectivity index (χ3v) is 2.31. The lowest BCUT2D eigenvalue weighted by atomic mass is 10.2. The summed E-state index contributed by atoms with van der Waals surface area (Å²) in [7, 11) is 0. The standard InChI is InChI=1S/C13H7F2N3O/c14-11-2-1-9(6-12(11)15)18-13(19)8-3-4-17-10(5-8)7-16/h1-6H,(H,18,19). The molecule has 0 aliphatic carbocycles. The third kappa shape index (κ3) is 2.90. The van der Waals surface area contributed by atoms with E-state index in [0.717, 1.165) is 12.1 Å². The number of carbonyl (C=O) groups is 1. The summed E-state index contributed by atoms with van der Waals surface area (Å²) in [6.45, 7) is 0. The Bertz CT molecular complexity index is 680. The van der Waals surface area contributed by atoms with Gasteiger partial charge in [0.25, 0.3) is 5.91 Å². The number of carbonyl (C=O) groups excluding carboxylic acids is 1. The average Bonchev–Trinajstić information content (AvgIpc) is 2.43. The summed E-state index contributed by atoms with van der Waals surface area (Å²) in [5, 5.41) is 11.1. The first kappa shape index (κ1) is 12.6. The summed E-state index contributed by atoms with van der Waals surface area (Å²) < 4.78 is 25.7. The number of hydrogen-bond donors (Lipinski definition) is 1. The Balaban J connectivity index is 2.21. The van der Waals surface area contributed by atoms with Crippen LogP contribution < -0.4 is 5.32 Å². The number of pyridine rings is 1. The van der Waals surface area contributed by atoms with E-state index < -0.39 is 17.5 Å². The molecule has 1 aromatic heterocycles. The Morgan fingerprint density at radius 2 is 2.00 bits per heavy atom. The Morgan fingerprint density at radius 3 is 2.68 bits per heavy atom. The number of aromatic nitrogens is 1. The largest absolute Gasteiger partial charge is 0.322 e. The van der Waals surface area contributed by atoms with Crippen LogP contribution >= 0.6 is 0 Å². The molecule has 0 aliphatic heterocycles. The molecule has 2 aromatic rings. The molecule has 0 aliphatic rings. The second kappa shape index (κ2) is 5.23. The van der Waals surface area contributed by atoms with Gasteiger partial charge in [0.05, 0.1) is 0 Å². The lowest BCUT2D eigenvalue weighted by Gasteiger charge is -2.05. The van der Waals surface area contributed by atoms with Crippen molar-refractivity contribution in [1.29, 1.82) is 5.26 Å². The van der Waals surface area contributed by atoms with Gasteiger partial charge in [-0.25, -0.2) is 13.8 Å². The highest BCUT2D eigenvalue weighted by Gasteiger charge is 2.09. The van der Waals surface area contributed by atoms with Gasteiger partial charge in [-0.15, -0.1) is 0 Å². The number of nitrogens with one attached hydrogen (secondary N) is 1. The van der Waals surface area contributed by atoms with E-state index in [1.807, 2.05) is 0 Å². The molecule has 0 atom stereocenters. The molecule has 4 nitrogen and oxygen atoms in total. The van der Waals surface area contributed by atoms with E-state index in [1.54, 1.807) is 6.07 Å². The van der Waals surface area contributed by atoms with Gasteiger partial charge in [-0.05, 0) is 24.3 Å². The molecule has 0 unspecified atom stereocenters. The molecule has 0 saturated heterocycles. The number of halogens is 2. The van der Waals surface area contributed by atoms with Crippen molar-refractivity contribution >= 4 is 11.6 Å². The number of nitrogens with zero attached hydrogens (tertiary/aromatic N) is 2. The molecule has 1 N–H and O–H groups in total. The summed E-state index contributed by atoms with van der Waals surface area (Å²) in [5.74, 6) is -2.58. The minimum absolute atomic E-state index is 0.0953. The van der Waals surface area contributed by atoms with Gasteiger partial charge in [-0.3, -0.25) is 4.79 Å². The van der Waals surface area contributed by atoms with Crippen molar-refractivity contribution in [2.75, 3.05) is 5.32 Å². The van der Waals surface area contributed by atoms with Gasteiger partial charge in [-0.1, -0.05) is 0 Å². The summed E-state index contributed by atoms with van der Waals surface area (Å²) in [5.41, 5.74) is 0.424. The summed E-state index contributed by atoms with van der Waals surface area (Å²) in [4.78, 5) is 15.5. The molecule has 19 heavy (non-hydrogen) atoms. The molecular weight excluding hydrogens is 252 g/mol. The zero-order chi connectivity index (χ0) is 13.8. The first-order valence-electron chi connectivity index (χ1n) is 5.22. The van der Waals surface area contributed by atoms with Gasteiger partial charge in [0.1, 0.15) is 11.8 Å². The molecule has 0 fully saturated rings. The maximum absolute atomic E-state index is 13.0. The highest BCUT2D eigenvalue weighted by Crippen LogP contribution is 2.14. The van der Waals surface area contributed by atoms with Crippen molar-refractivity contribution in [3.05, 3.63) is 59.4 Å². The van der Waals surface area contributed by atoms with Crippen LogP contribution in [0.25, 0.3) is 0 Å². The summed E-state index contributed by atoms with van der Waals surface area (Å²) in [6.07, 6.45) is 1.32. The van der Waals surface area contributed by atoms with E-state index in [4.69, 9.17) is 5.26 Å². The predicted molar refractivity (Wildman–Crippen MR) is 63.3 cm³/mol. The summed E-state index contributed by atoms with van der Waals surface area (Å²) >= 11 is 0. The second-order valence-electron chi connectivity index (χ2n) is 3.62. The quantitative estimate of drug-likeness (QED) is 0.901. The van der Waals surface area contributed by atoms with Crippen molar-refractivity contribution in [1.82, 2.24) is 4.98 Å². The first-order chi connectivity index (χ1) is 9.10. The van der Waals surface area contributed by atoms with Crippen molar-refractivity contribution in [2.45, 2.75) is 0 Å². The smallest absolute Gasteiger partial charge is 0.255 e. The van der Waals surface area contributed by atoms with Crippen LogP contribution in [0, 0.1) is 23.0 Å². The number of benzene rings is 1. The van der Waals surface area contributed by atoms with Crippen molar-refractivity contribution in [3.63, 3.8) is 0 Å². The van der Waals surface area contributed by atoms with Crippen LogP contribution in [-0.2, 0) is 0 Å². The molecule has 0 radical (unpaired) electrons. The molecule has 94 valence electrons. The zero-order valence-electron chi connectivity index (χ0n) is 9.52. The lowest BCUT2D eigenvalue weighted by Crippen LogP contribution is -2.12. The van der Waals surface area contributed by atoms with Crippen LogP contribution in [0.3, 0.4) is 0 Å². The van der Waals surface area contributed by atoms with Gasteiger partial charge >= 0.3 is 0 Å². The van der Waals surface area contributed by atoms with Gasteiger partial charge in [-0.2, -0.15) is 5.26 Å². The normalized spacial score (nSPS) is 9.74. The van der Waals surface area contributed by atoms with Gasteiger partial charge < -0.3 is 5.32 Å². The van der Waals surface area contributed by atoms with Crippen LogP contribution in [0.1, 0.15) is 16.1 Å². The Labute approximate surface area is 107 Å². The maximum Gasteiger partial charge on any atom is 0.255 e. The number of rotatable bonds is 2. The van der Waals surface area contributed by atoms with Gasteiger partial charge in [0, 0.05) is 23.5 Å². The fourth-order valence-electron chi connectivity index (χ4n) is 1.41. The Morgan fingerprint density at radius 1 is 1.21 bits per heavy atom. The Kier molecular flexibility index (Phi) is 3.48. The van der Waals surface area contributed by atoms with Crippen molar-refractivity contribution < 1.29 is 13.6 Å². The molecule has 0 spiro atoms. The van der Waals surface area contributed by atoms with Crippen LogP contribution in [0.5, 0.6) is 0 Å². The van der Waals surface area contributed by atoms with Gasteiger partial charge in [0.2, 0.25) is 0 Å². The third-order valence-electron chi connectivity index (χ3n) is 2.31. The molecule has 1 amide bonds. The highest BCUT2D eigenvalue weighted by molar-refractivity contribution is 6.04. The van der Waals surface area contributed by atoms with E-state index in [1.165, 1.54) is 24.4 Å². The van der Waals surface area contributed by atoms with E-state index in [2.05, 4.69) is 10.3 Å². The highest BCUT2D eigenvalue weighted by atomic mass is 19.2. The van der Waals surface area contributed by atoms with E-state index in [0.29, 0.717) is 0 Å². The number of hydrogen-bond acceptors (Lipinski definition) is 3. The molecular formula is C13H7F2N3O. The van der Waals surface area contributed by atoms with E-state index in [9.17, 15) is 13.6 Å². The minimum atomic E-state index is -1.05. The first-order valence-corrected chi connectivity index (χ1v) is 5.22. The molecule has 0 bridgehead atoms. The van der Waals surface area contributed by atoms with Crippen LogP contribution in [0.15, 0.2) is 36.5 Å². The minimum Gasteiger partial charge on any atom is -0.322 e.